The molecule has 102 valence electrons. The van der Waals surface area contributed by atoms with Gasteiger partial charge in [0.1, 0.15) is 0 Å². The van der Waals surface area contributed by atoms with Crippen LogP contribution in [-0.4, -0.2) is 18.0 Å². The zero-order chi connectivity index (χ0) is 12.0. The van der Waals surface area contributed by atoms with Crippen molar-refractivity contribution in [2.75, 3.05) is 6.54 Å². The Bertz CT molecular complexity index is 220. The highest BCUT2D eigenvalue weighted by Gasteiger charge is 2.15. The SMILES string of the molecule is CC(C)(N)CNC(=O)CCCC1CCCC1.Cl. The summed E-state index contributed by atoms with van der Waals surface area (Å²) >= 11 is 0. The van der Waals surface area contributed by atoms with Crippen LogP contribution in [-0.2, 0) is 4.79 Å². The molecule has 0 aromatic rings. The molecule has 1 saturated carbocycles. The number of carbonyl (C=O) groups is 1. The van der Waals surface area contributed by atoms with Crippen LogP contribution in [0.4, 0.5) is 0 Å². The first-order valence-corrected chi connectivity index (χ1v) is 6.53. The van der Waals surface area contributed by atoms with Gasteiger partial charge in [-0.15, -0.1) is 12.4 Å². The van der Waals surface area contributed by atoms with Crippen LogP contribution >= 0.6 is 12.4 Å². The lowest BCUT2D eigenvalue weighted by Gasteiger charge is -2.19. The number of amides is 1. The average Bonchev–Trinajstić information content (AvgIpc) is 2.66. The fourth-order valence-electron chi connectivity index (χ4n) is 2.27. The van der Waals surface area contributed by atoms with Gasteiger partial charge in [0.15, 0.2) is 0 Å². The third kappa shape index (κ3) is 8.44. The van der Waals surface area contributed by atoms with Gasteiger partial charge >= 0.3 is 0 Å². The molecule has 0 heterocycles. The highest BCUT2D eigenvalue weighted by atomic mass is 35.5. The Morgan fingerprint density at radius 3 is 2.47 bits per heavy atom. The van der Waals surface area contributed by atoms with Gasteiger partial charge in [-0.1, -0.05) is 25.7 Å². The average molecular weight is 263 g/mol. The van der Waals surface area contributed by atoms with E-state index in [0.29, 0.717) is 13.0 Å². The molecule has 0 saturated heterocycles. The normalized spacial score (nSPS) is 16.6. The van der Waals surface area contributed by atoms with E-state index < -0.39 is 0 Å². The summed E-state index contributed by atoms with van der Waals surface area (Å²) in [5.41, 5.74) is 5.49. The van der Waals surface area contributed by atoms with Crippen LogP contribution in [0.3, 0.4) is 0 Å². The predicted molar refractivity (Wildman–Crippen MR) is 74.3 cm³/mol. The number of hydrogen-bond acceptors (Lipinski definition) is 2. The standard InChI is InChI=1S/C13H26N2O.ClH/c1-13(2,14)10-15-12(16)9-5-8-11-6-3-4-7-11;/h11H,3-10,14H2,1-2H3,(H,15,16);1H. The Labute approximate surface area is 111 Å². The summed E-state index contributed by atoms with van der Waals surface area (Å²) in [6.07, 6.45) is 8.43. The first-order valence-electron chi connectivity index (χ1n) is 6.53. The molecule has 0 spiro atoms. The van der Waals surface area contributed by atoms with Crippen molar-refractivity contribution in [2.45, 2.75) is 64.3 Å². The first kappa shape index (κ1) is 16.7. The van der Waals surface area contributed by atoms with Gasteiger partial charge < -0.3 is 11.1 Å². The Kier molecular flexibility index (Phi) is 7.80. The van der Waals surface area contributed by atoms with Gasteiger partial charge in [0.25, 0.3) is 0 Å². The number of nitrogens with two attached hydrogens (primary N) is 1. The van der Waals surface area contributed by atoms with E-state index in [4.69, 9.17) is 5.73 Å². The molecule has 1 amide bonds. The monoisotopic (exact) mass is 262 g/mol. The third-order valence-electron chi connectivity index (χ3n) is 3.23. The summed E-state index contributed by atoms with van der Waals surface area (Å²) < 4.78 is 0. The van der Waals surface area contributed by atoms with Gasteiger partial charge in [-0.05, 0) is 32.6 Å². The molecule has 4 heteroatoms. The summed E-state index contributed by atoms with van der Waals surface area (Å²) in [4.78, 5) is 11.5. The molecule has 1 aliphatic carbocycles. The Balaban J connectivity index is 0.00000256. The van der Waals surface area contributed by atoms with Crippen molar-refractivity contribution in [3.05, 3.63) is 0 Å². The molecule has 0 aliphatic heterocycles. The summed E-state index contributed by atoms with van der Waals surface area (Å²) in [5, 5.41) is 2.88. The van der Waals surface area contributed by atoms with Crippen molar-refractivity contribution < 1.29 is 4.79 Å². The van der Waals surface area contributed by atoms with Crippen LogP contribution in [0, 0.1) is 5.92 Å². The van der Waals surface area contributed by atoms with E-state index in [0.717, 1.165) is 12.3 Å². The summed E-state index contributed by atoms with van der Waals surface area (Å²) in [6.45, 7) is 4.41. The molecule has 3 N–H and O–H groups in total. The van der Waals surface area contributed by atoms with E-state index >= 15 is 0 Å². The summed E-state index contributed by atoms with van der Waals surface area (Å²) in [6, 6.07) is 0. The second kappa shape index (κ2) is 7.93. The Hall–Kier alpha value is -0.280. The second-order valence-electron chi connectivity index (χ2n) is 5.81. The minimum absolute atomic E-state index is 0. The minimum Gasteiger partial charge on any atom is -0.354 e. The van der Waals surface area contributed by atoms with Gasteiger partial charge in [-0.3, -0.25) is 4.79 Å². The van der Waals surface area contributed by atoms with Crippen molar-refractivity contribution in [3.8, 4) is 0 Å². The molecule has 3 nitrogen and oxygen atoms in total. The molecular formula is C13H27ClN2O. The molecule has 0 radical (unpaired) electrons. The van der Waals surface area contributed by atoms with Crippen LogP contribution in [0.1, 0.15) is 58.8 Å². The first-order chi connectivity index (χ1) is 7.47. The lowest BCUT2D eigenvalue weighted by molar-refractivity contribution is -0.121. The zero-order valence-electron chi connectivity index (χ0n) is 11.1. The van der Waals surface area contributed by atoms with Crippen LogP contribution in [0.15, 0.2) is 0 Å². The Morgan fingerprint density at radius 2 is 1.94 bits per heavy atom. The van der Waals surface area contributed by atoms with Gasteiger partial charge in [0.2, 0.25) is 5.91 Å². The lowest BCUT2D eigenvalue weighted by atomic mass is 10.0. The third-order valence-corrected chi connectivity index (χ3v) is 3.23. The summed E-state index contributed by atoms with van der Waals surface area (Å²) in [5.74, 6) is 1.04. The smallest absolute Gasteiger partial charge is 0.220 e. The van der Waals surface area contributed by atoms with Crippen LogP contribution in [0.25, 0.3) is 0 Å². The predicted octanol–water partition coefficient (Wildman–Crippen LogP) is 2.62. The van der Waals surface area contributed by atoms with Crippen molar-refractivity contribution in [1.82, 2.24) is 5.32 Å². The van der Waals surface area contributed by atoms with Crippen molar-refractivity contribution in [3.63, 3.8) is 0 Å². The number of hydrogen-bond donors (Lipinski definition) is 2. The molecule has 0 atom stereocenters. The maximum Gasteiger partial charge on any atom is 0.220 e. The van der Waals surface area contributed by atoms with Gasteiger partial charge in [0, 0.05) is 18.5 Å². The van der Waals surface area contributed by atoms with E-state index in [9.17, 15) is 4.79 Å². The molecule has 0 aromatic heterocycles. The molecule has 1 fully saturated rings. The maximum atomic E-state index is 11.5. The number of rotatable bonds is 6. The fourth-order valence-corrected chi connectivity index (χ4v) is 2.27. The van der Waals surface area contributed by atoms with Gasteiger partial charge in [-0.25, -0.2) is 0 Å². The van der Waals surface area contributed by atoms with Gasteiger partial charge in [0.05, 0.1) is 0 Å². The quantitative estimate of drug-likeness (QED) is 0.773. The topological polar surface area (TPSA) is 55.1 Å². The van der Waals surface area contributed by atoms with E-state index in [1.807, 2.05) is 13.8 Å². The lowest BCUT2D eigenvalue weighted by Crippen LogP contribution is -2.45. The maximum absolute atomic E-state index is 11.5. The number of carbonyl (C=O) groups excluding carboxylic acids is 1. The zero-order valence-corrected chi connectivity index (χ0v) is 11.9. The van der Waals surface area contributed by atoms with Crippen molar-refractivity contribution in [2.24, 2.45) is 11.7 Å². The highest BCUT2D eigenvalue weighted by Crippen LogP contribution is 2.28. The number of nitrogens with one attached hydrogen (secondary N) is 1. The van der Waals surface area contributed by atoms with Crippen molar-refractivity contribution in [1.29, 1.82) is 0 Å². The minimum atomic E-state index is -0.304. The number of halogens is 1. The largest absolute Gasteiger partial charge is 0.354 e. The summed E-state index contributed by atoms with van der Waals surface area (Å²) in [7, 11) is 0. The molecule has 17 heavy (non-hydrogen) atoms. The second-order valence-corrected chi connectivity index (χ2v) is 5.81. The molecule has 0 unspecified atom stereocenters. The molecule has 1 aliphatic rings. The van der Waals surface area contributed by atoms with Crippen LogP contribution in [0.2, 0.25) is 0 Å². The van der Waals surface area contributed by atoms with E-state index in [1.54, 1.807) is 0 Å². The van der Waals surface area contributed by atoms with E-state index in [-0.39, 0.29) is 23.9 Å². The van der Waals surface area contributed by atoms with E-state index in [2.05, 4.69) is 5.32 Å². The van der Waals surface area contributed by atoms with Gasteiger partial charge in [-0.2, -0.15) is 0 Å². The van der Waals surface area contributed by atoms with E-state index in [1.165, 1.54) is 32.1 Å². The molecule has 0 aromatic carbocycles. The molecule has 0 bridgehead atoms. The van der Waals surface area contributed by atoms with Crippen LogP contribution in [0.5, 0.6) is 0 Å². The van der Waals surface area contributed by atoms with Crippen LogP contribution < -0.4 is 11.1 Å². The molecular weight excluding hydrogens is 236 g/mol. The molecule has 1 rings (SSSR count). The fraction of sp³-hybridized carbons (Fsp3) is 0.923. The highest BCUT2D eigenvalue weighted by molar-refractivity contribution is 5.85. The van der Waals surface area contributed by atoms with Crippen molar-refractivity contribution >= 4 is 18.3 Å². The Morgan fingerprint density at radius 1 is 1.35 bits per heavy atom.